The lowest BCUT2D eigenvalue weighted by Gasteiger charge is -2.28. The minimum absolute atomic E-state index is 0.193. The number of carbonyl (C=O) groups is 3. The highest BCUT2D eigenvalue weighted by molar-refractivity contribution is 8.18. The van der Waals surface area contributed by atoms with Crippen molar-refractivity contribution < 1.29 is 23.5 Å². The molecule has 0 radical (unpaired) electrons. The average molecular weight is 419 g/mol. The van der Waals surface area contributed by atoms with Crippen LogP contribution in [0.5, 0.6) is 0 Å². The Morgan fingerprint density at radius 2 is 1.86 bits per heavy atom. The highest BCUT2D eigenvalue weighted by Gasteiger charge is 2.37. The molecule has 3 aliphatic rings. The summed E-state index contributed by atoms with van der Waals surface area (Å²) in [6.07, 6.45) is 3.61. The summed E-state index contributed by atoms with van der Waals surface area (Å²) < 4.78 is 19.7. The summed E-state index contributed by atoms with van der Waals surface area (Å²) in [7, 11) is 0. The minimum Gasteiger partial charge on any atom is -0.378 e. The third-order valence-corrected chi connectivity index (χ3v) is 6.15. The Morgan fingerprint density at radius 3 is 2.55 bits per heavy atom. The molecule has 3 heterocycles. The highest BCUT2D eigenvalue weighted by Crippen LogP contribution is 2.33. The van der Waals surface area contributed by atoms with Crippen molar-refractivity contribution in [2.45, 2.75) is 12.8 Å². The van der Waals surface area contributed by atoms with E-state index >= 15 is 0 Å². The summed E-state index contributed by atoms with van der Waals surface area (Å²) >= 11 is 0.771. The molecule has 3 aliphatic heterocycles. The smallest absolute Gasteiger partial charge is 0.294 e. The van der Waals surface area contributed by atoms with Gasteiger partial charge in [0.1, 0.15) is 12.4 Å². The average Bonchev–Trinajstić information content (AvgIpc) is 3.33. The van der Waals surface area contributed by atoms with Crippen LogP contribution >= 0.6 is 11.8 Å². The zero-order valence-electron chi connectivity index (χ0n) is 15.9. The lowest BCUT2D eigenvalue weighted by molar-refractivity contribution is -0.139. The highest BCUT2D eigenvalue weighted by atomic mass is 32.2. The second-order valence-corrected chi connectivity index (χ2v) is 8.16. The van der Waals surface area contributed by atoms with Gasteiger partial charge >= 0.3 is 0 Å². The van der Waals surface area contributed by atoms with Crippen molar-refractivity contribution in [1.29, 1.82) is 0 Å². The van der Waals surface area contributed by atoms with Crippen LogP contribution in [0.15, 0.2) is 23.1 Å². The Hall–Kier alpha value is -2.39. The van der Waals surface area contributed by atoms with Gasteiger partial charge in [-0.05, 0) is 48.4 Å². The molecule has 7 nitrogen and oxygen atoms in total. The maximum absolute atomic E-state index is 14.5. The topological polar surface area (TPSA) is 70.2 Å². The van der Waals surface area contributed by atoms with E-state index < -0.39 is 11.1 Å². The Labute approximate surface area is 172 Å². The molecule has 9 heteroatoms. The molecule has 3 fully saturated rings. The minimum atomic E-state index is -0.523. The Balaban J connectivity index is 1.45. The van der Waals surface area contributed by atoms with Crippen LogP contribution in [-0.4, -0.2) is 72.8 Å². The van der Waals surface area contributed by atoms with E-state index in [9.17, 15) is 18.8 Å². The van der Waals surface area contributed by atoms with E-state index in [1.54, 1.807) is 17.0 Å². The fourth-order valence-corrected chi connectivity index (χ4v) is 4.50. The van der Waals surface area contributed by atoms with Gasteiger partial charge in [0.05, 0.1) is 23.8 Å². The van der Waals surface area contributed by atoms with Crippen LogP contribution in [0.4, 0.5) is 14.9 Å². The number of ether oxygens (including phenoxy) is 1. The predicted molar refractivity (Wildman–Crippen MR) is 108 cm³/mol. The molecule has 0 aliphatic carbocycles. The van der Waals surface area contributed by atoms with Crippen molar-refractivity contribution >= 4 is 40.6 Å². The van der Waals surface area contributed by atoms with Crippen molar-refractivity contribution in [3.8, 4) is 0 Å². The van der Waals surface area contributed by atoms with Crippen molar-refractivity contribution in [2.24, 2.45) is 0 Å². The first-order valence-electron chi connectivity index (χ1n) is 9.68. The number of morpholine rings is 1. The van der Waals surface area contributed by atoms with Crippen LogP contribution in [0.25, 0.3) is 6.08 Å². The molecule has 0 N–H and O–H groups in total. The number of imide groups is 1. The standard InChI is InChI=1S/C20H22FN3O4S/c21-15-11-14(3-4-16(15)22-5-1-2-6-22)12-17-19(26)24(20(27)29-17)13-18(25)23-7-9-28-10-8-23/h3-4,11-12H,1-2,5-10,13H2/b17-12-. The number of benzene rings is 1. The quantitative estimate of drug-likeness (QED) is 0.698. The molecule has 4 rings (SSSR count). The first kappa shape index (κ1) is 19.9. The third-order valence-electron chi connectivity index (χ3n) is 5.25. The van der Waals surface area contributed by atoms with Crippen molar-refractivity contribution in [3.63, 3.8) is 0 Å². The van der Waals surface area contributed by atoms with Gasteiger partial charge in [0, 0.05) is 26.2 Å². The van der Waals surface area contributed by atoms with Crippen LogP contribution in [-0.2, 0) is 14.3 Å². The summed E-state index contributed by atoms with van der Waals surface area (Å²) in [4.78, 5) is 42.0. The second-order valence-electron chi connectivity index (χ2n) is 7.17. The first-order chi connectivity index (χ1) is 14.0. The summed E-state index contributed by atoms with van der Waals surface area (Å²) in [5.74, 6) is -1.15. The van der Waals surface area contributed by atoms with E-state index in [4.69, 9.17) is 4.74 Å². The number of hydrogen-bond donors (Lipinski definition) is 0. The summed E-state index contributed by atoms with van der Waals surface area (Å²) in [5, 5.41) is -0.489. The van der Waals surface area contributed by atoms with Gasteiger partial charge in [-0.25, -0.2) is 4.39 Å². The molecular weight excluding hydrogens is 397 g/mol. The van der Waals surface area contributed by atoms with Gasteiger partial charge in [-0.3, -0.25) is 19.3 Å². The molecule has 3 saturated heterocycles. The van der Waals surface area contributed by atoms with Gasteiger partial charge in [0.2, 0.25) is 5.91 Å². The molecule has 3 amide bonds. The molecular formula is C20H22FN3O4S. The molecule has 0 saturated carbocycles. The number of amides is 3. The van der Waals surface area contributed by atoms with Crippen LogP contribution in [0.1, 0.15) is 18.4 Å². The zero-order valence-corrected chi connectivity index (χ0v) is 16.8. The van der Waals surface area contributed by atoms with Gasteiger partial charge in [-0.15, -0.1) is 0 Å². The van der Waals surface area contributed by atoms with Crippen LogP contribution in [0, 0.1) is 5.82 Å². The number of anilines is 1. The molecule has 0 unspecified atom stereocenters. The monoisotopic (exact) mass is 419 g/mol. The number of thioether (sulfide) groups is 1. The summed E-state index contributed by atoms with van der Waals surface area (Å²) in [5.41, 5.74) is 1.07. The number of nitrogens with zero attached hydrogens (tertiary/aromatic N) is 3. The zero-order chi connectivity index (χ0) is 20.4. The van der Waals surface area contributed by atoms with E-state index in [1.807, 2.05) is 4.90 Å². The van der Waals surface area contributed by atoms with E-state index in [1.165, 1.54) is 12.1 Å². The van der Waals surface area contributed by atoms with Gasteiger partial charge in [-0.2, -0.15) is 0 Å². The van der Waals surface area contributed by atoms with E-state index in [0.717, 1.165) is 42.6 Å². The fraction of sp³-hybridized carbons (Fsp3) is 0.450. The van der Waals surface area contributed by atoms with E-state index in [0.29, 0.717) is 37.6 Å². The predicted octanol–water partition coefficient (Wildman–Crippen LogP) is 2.32. The Kier molecular flexibility index (Phi) is 5.86. The summed E-state index contributed by atoms with van der Waals surface area (Å²) in [6, 6.07) is 4.82. The molecule has 29 heavy (non-hydrogen) atoms. The van der Waals surface area contributed by atoms with Gasteiger partial charge in [-0.1, -0.05) is 6.07 Å². The molecule has 0 spiro atoms. The third kappa shape index (κ3) is 4.30. The van der Waals surface area contributed by atoms with E-state index in [-0.39, 0.29) is 23.2 Å². The molecule has 0 aromatic heterocycles. The second kappa shape index (κ2) is 8.54. The lowest BCUT2D eigenvalue weighted by Crippen LogP contribution is -2.46. The van der Waals surface area contributed by atoms with Gasteiger partial charge in [0.15, 0.2) is 0 Å². The lowest BCUT2D eigenvalue weighted by atomic mass is 10.1. The Bertz CT molecular complexity index is 863. The Morgan fingerprint density at radius 1 is 1.14 bits per heavy atom. The summed E-state index contributed by atoms with van der Waals surface area (Å²) in [6.45, 7) is 3.20. The van der Waals surface area contributed by atoms with E-state index in [2.05, 4.69) is 0 Å². The van der Waals surface area contributed by atoms with Crippen LogP contribution in [0.3, 0.4) is 0 Å². The molecule has 0 atom stereocenters. The van der Waals surface area contributed by atoms with Crippen molar-refractivity contribution in [2.75, 3.05) is 50.8 Å². The molecule has 1 aromatic rings. The van der Waals surface area contributed by atoms with Gasteiger partial charge in [0.25, 0.3) is 11.1 Å². The maximum Gasteiger partial charge on any atom is 0.294 e. The molecule has 1 aromatic carbocycles. The van der Waals surface area contributed by atoms with Crippen LogP contribution in [0.2, 0.25) is 0 Å². The largest absolute Gasteiger partial charge is 0.378 e. The van der Waals surface area contributed by atoms with Crippen molar-refractivity contribution in [3.05, 3.63) is 34.5 Å². The molecule has 0 bridgehead atoms. The fourth-order valence-electron chi connectivity index (χ4n) is 3.66. The maximum atomic E-state index is 14.5. The number of carbonyl (C=O) groups excluding carboxylic acids is 3. The normalized spacial score (nSPS) is 21.6. The molecule has 154 valence electrons. The van der Waals surface area contributed by atoms with Gasteiger partial charge < -0.3 is 14.5 Å². The number of hydrogen-bond acceptors (Lipinski definition) is 6. The number of rotatable bonds is 4. The van der Waals surface area contributed by atoms with Crippen molar-refractivity contribution in [1.82, 2.24) is 9.80 Å². The SMILES string of the molecule is O=C(CN1C(=O)S/C(=C\c2ccc(N3CCCC3)c(F)c2)C1=O)N1CCOCC1. The van der Waals surface area contributed by atoms with Crippen LogP contribution < -0.4 is 4.90 Å². The first-order valence-corrected chi connectivity index (χ1v) is 10.5. The number of halogens is 1.